The second-order valence-corrected chi connectivity index (χ2v) is 3.54. The number of carbonyl (C=O) groups is 3. The molecule has 1 rings (SSSR count). The summed E-state index contributed by atoms with van der Waals surface area (Å²) in [7, 11) is 0. The van der Waals surface area contributed by atoms with Crippen LogP contribution in [0.15, 0.2) is 0 Å². The van der Waals surface area contributed by atoms with E-state index in [4.69, 9.17) is 5.11 Å². The summed E-state index contributed by atoms with van der Waals surface area (Å²) in [6, 6.07) is -0.518. The molecule has 0 aromatic rings. The van der Waals surface area contributed by atoms with E-state index in [-0.39, 0.29) is 12.5 Å². The Balaban J connectivity index is 2.58. The normalized spacial score (nSPS) is 22.5. The molecule has 0 aromatic carbocycles. The van der Waals surface area contributed by atoms with Gasteiger partial charge in [-0.25, -0.2) is 0 Å². The third kappa shape index (κ3) is 3.02. The Labute approximate surface area is 87.5 Å². The fourth-order valence-corrected chi connectivity index (χ4v) is 1.71. The Kier molecular flexibility index (Phi) is 3.79. The first-order chi connectivity index (χ1) is 7.04. The van der Waals surface area contributed by atoms with Gasteiger partial charge in [0.1, 0.15) is 12.3 Å². The summed E-state index contributed by atoms with van der Waals surface area (Å²) in [5.74, 6) is -1.07. The molecule has 1 fully saturated rings. The minimum Gasteiger partial charge on any atom is -0.480 e. The van der Waals surface area contributed by atoms with E-state index in [1.807, 2.05) is 0 Å². The van der Waals surface area contributed by atoms with E-state index in [0.717, 1.165) is 0 Å². The Bertz CT molecular complexity index is 279. The number of hydrogen-bond acceptors (Lipinski definition) is 4. The zero-order valence-electron chi connectivity index (χ0n) is 8.55. The Morgan fingerprint density at radius 3 is 2.60 bits per heavy atom. The SMILES string of the molecule is CC(=O)N1CCN(CC(=O)O)CC1C=O. The first kappa shape index (κ1) is 11.6. The fraction of sp³-hybridized carbons (Fsp3) is 0.667. The van der Waals surface area contributed by atoms with E-state index in [0.29, 0.717) is 25.9 Å². The number of carboxylic acid groups (broad SMARTS) is 1. The predicted molar refractivity (Wildman–Crippen MR) is 51.3 cm³/mol. The number of hydrogen-bond donors (Lipinski definition) is 1. The molecule has 1 aliphatic rings. The Hall–Kier alpha value is -1.43. The average Bonchev–Trinajstić information content (AvgIpc) is 2.16. The second-order valence-electron chi connectivity index (χ2n) is 3.54. The van der Waals surface area contributed by atoms with Crippen LogP contribution in [0, 0.1) is 0 Å². The lowest BCUT2D eigenvalue weighted by Crippen LogP contribution is -2.56. The zero-order valence-corrected chi connectivity index (χ0v) is 8.55. The van der Waals surface area contributed by atoms with Crippen molar-refractivity contribution in [1.29, 1.82) is 0 Å². The number of piperazine rings is 1. The summed E-state index contributed by atoms with van der Waals surface area (Å²) >= 11 is 0. The molecule has 0 radical (unpaired) electrons. The quantitative estimate of drug-likeness (QED) is 0.597. The molecule has 6 nitrogen and oxygen atoms in total. The number of carboxylic acids is 1. The summed E-state index contributed by atoms with van der Waals surface area (Å²) < 4.78 is 0. The van der Waals surface area contributed by atoms with E-state index in [1.54, 1.807) is 4.90 Å². The van der Waals surface area contributed by atoms with Crippen LogP contribution in [0.4, 0.5) is 0 Å². The number of aldehydes is 1. The van der Waals surface area contributed by atoms with Gasteiger partial charge in [-0.3, -0.25) is 14.5 Å². The molecule has 1 saturated heterocycles. The topological polar surface area (TPSA) is 77.9 Å². The molecule has 1 unspecified atom stereocenters. The number of amides is 1. The molecule has 0 aliphatic carbocycles. The van der Waals surface area contributed by atoms with Gasteiger partial charge in [-0.15, -0.1) is 0 Å². The molecule has 0 saturated carbocycles. The smallest absolute Gasteiger partial charge is 0.317 e. The Morgan fingerprint density at radius 1 is 1.47 bits per heavy atom. The summed E-state index contributed by atoms with van der Waals surface area (Å²) in [6.45, 7) is 2.52. The van der Waals surface area contributed by atoms with Crippen molar-refractivity contribution in [2.75, 3.05) is 26.2 Å². The van der Waals surface area contributed by atoms with Crippen molar-refractivity contribution in [1.82, 2.24) is 9.80 Å². The lowest BCUT2D eigenvalue weighted by atomic mass is 10.2. The lowest BCUT2D eigenvalue weighted by molar-refractivity contribution is -0.142. The van der Waals surface area contributed by atoms with Gasteiger partial charge >= 0.3 is 5.97 Å². The molecule has 1 atom stereocenters. The summed E-state index contributed by atoms with van der Waals surface area (Å²) in [5.41, 5.74) is 0. The maximum Gasteiger partial charge on any atom is 0.317 e. The van der Waals surface area contributed by atoms with Gasteiger partial charge in [-0.2, -0.15) is 0 Å². The first-order valence-electron chi connectivity index (χ1n) is 4.71. The number of aliphatic carboxylic acids is 1. The van der Waals surface area contributed by atoms with Gasteiger partial charge in [0.25, 0.3) is 0 Å². The highest BCUT2D eigenvalue weighted by Crippen LogP contribution is 2.08. The molecule has 1 heterocycles. The highest BCUT2D eigenvalue weighted by molar-refractivity contribution is 5.78. The fourth-order valence-electron chi connectivity index (χ4n) is 1.71. The largest absolute Gasteiger partial charge is 0.480 e. The van der Waals surface area contributed by atoms with Crippen LogP contribution in [0.1, 0.15) is 6.92 Å². The van der Waals surface area contributed by atoms with Crippen LogP contribution in [-0.4, -0.2) is 65.3 Å². The van der Waals surface area contributed by atoms with Gasteiger partial charge in [0, 0.05) is 26.6 Å². The van der Waals surface area contributed by atoms with Crippen LogP contribution < -0.4 is 0 Å². The van der Waals surface area contributed by atoms with E-state index in [2.05, 4.69) is 0 Å². The molecule has 84 valence electrons. The van der Waals surface area contributed by atoms with Crippen molar-refractivity contribution in [3.63, 3.8) is 0 Å². The van der Waals surface area contributed by atoms with Crippen molar-refractivity contribution < 1.29 is 19.5 Å². The molecular formula is C9H14N2O4. The van der Waals surface area contributed by atoms with Gasteiger partial charge in [0.2, 0.25) is 5.91 Å². The molecule has 6 heteroatoms. The van der Waals surface area contributed by atoms with Crippen LogP contribution >= 0.6 is 0 Å². The van der Waals surface area contributed by atoms with E-state index >= 15 is 0 Å². The van der Waals surface area contributed by atoms with Crippen LogP contribution in [-0.2, 0) is 14.4 Å². The van der Waals surface area contributed by atoms with Crippen LogP contribution in [0.2, 0.25) is 0 Å². The molecule has 0 spiro atoms. The highest BCUT2D eigenvalue weighted by Gasteiger charge is 2.28. The number of rotatable bonds is 3. The van der Waals surface area contributed by atoms with Gasteiger partial charge in [-0.1, -0.05) is 0 Å². The molecule has 15 heavy (non-hydrogen) atoms. The molecular weight excluding hydrogens is 200 g/mol. The zero-order chi connectivity index (χ0) is 11.4. The van der Waals surface area contributed by atoms with Crippen molar-refractivity contribution in [2.24, 2.45) is 0 Å². The van der Waals surface area contributed by atoms with Crippen molar-refractivity contribution in [3.05, 3.63) is 0 Å². The van der Waals surface area contributed by atoms with Crippen molar-refractivity contribution >= 4 is 18.2 Å². The van der Waals surface area contributed by atoms with Gasteiger partial charge in [0.15, 0.2) is 0 Å². The average molecular weight is 214 g/mol. The third-order valence-corrected chi connectivity index (χ3v) is 2.42. The molecule has 1 N–H and O–H groups in total. The van der Waals surface area contributed by atoms with Crippen LogP contribution in [0.3, 0.4) is 0 Å². The maximum absolute atomic E-state index is 11.1. The lowest BCUT2D eigenvalue weighted by Gasteiger charge is -2.37. The van der Waals surface area contributed by atoms with Crippen molar-refractivity contribution in [2.45, 2.75) is 13.0 Å². The number of nitrogens with zero attached hydrogens (tertiary/aromatic N) is 2. The monoisotopic (exact) mass is 214 g/mol. The first-order valence-corrected chi connectivity index (χ1v) is 4.71. The molecule has 0 bridgehead atoms. The number of carbonyl (C=O) groups excluding carboxylic acids is 2. The predicted octanol–water partition coefficient (Wildman–Crippen LogP) is -1.20. The van der Waals surface area contributed by atoms with Crippen LogP contribution in [0.5, 0.6) is 0 Å². The summed E-state index contributed by atoms with van der Waals surface area (Å²) in [5, 5.41) is 8.59. The molecule has 1 amide bonds. The summed E-state index contributed by atoms with van der Waals surface area (Å²) in [4.78, 5) is 35.5. The van der Waals surface area contributed by atoms with Gasteiger partial charge in [0.05, 0.1) is 6.54 Å². The van der Waals surface area contributed by atoms with Crippen LogP contribution in [0.25, 0.3) is 0 Å². The van der Waals surface area contributed by atoms with Gasteiger partial charge in [-0.05, 0) is 0 Å². The van der Waals surface area contributed by atoms with Gasteiger partial charge < -0.3 is 14.8 Å². The Morgan fingerprint density at radius 2 is 2.13 bits per heavy atom. The van der Waals surface area contributed by atoms with E-state index in [1.165, 1.54) is 11.8 Å². The maximum atomic E-state index is 11.1. The van der Waals surface area contributed by atoms with E-state index < -0.39 is 12.0 Å². The second kappa shape index (κ2) is 4.88. The minimum absolute atomic E-state index is 0.0872. The molecule has 1 aliphatic heterocycles. The van der Waals surface area contributed by atoms with Crippen molar-refractivity contribution in [3.8, 4) is 0 Å². The summed E-state index contributed by atoms with van der Waals surface area (Å²) in [6.07, 6.45) is 0.690. The highest BCUT2D eigenvalue weighted by atomic mass is 16.4. The molecule has 0 aromatic heterocycles. The third-order valence-electron chi connectivity index (χ3n) is 2.42. The minimum atomic E-state index is -0.920. The van der Waals surface area contributed by atoms with E-state index in [9.17, 15) is 14.4 Å². The standard InChI is InChI=1S/C9H14N2O4/c1-7(13)11-3-2-10(5-9(14)15)4-8(11)6-12/h6,8H,2-5H2,1H3,(H,14,15).